The lowest BCUT2D eigenvalue weighted by Gasteiger charge is -2.06. The van der Waals surface area contributed by atoms with Gasteiger partial charge < -0.3 is 10.1 Å². The highest BCUT2D eigenvalue weighted by Crippen LogP contribution is 2.24. The van der Waals surface area contributed by atoms with Crippen molar-refractivity contribution in [1.29, 1.82) is 0 Å². The zero-order valence-electron chi connectivity index (χ0n) is 13.9. The maximum atomic E-state index is 12.1. The molecule has 0 bridgehead atoms. The lowest BCUT2D eigenvalue weighted by Crippen LogP contribution is -2.21. The van der Waals surface area contributed by atoms with Crippen molar-refractivity contribution in [2.24, 2.45) is 0 Å². The van der Waals surface area contributed by atoms with Crippen molar-refractivity contribution >= 4 is 44.8 Å². The van der Waals surface area contributed by atoms with Crippen molar-refractivity contribution in [1.82, 2.24) is 4.98 Å². The molecule has 0 unspecified atom stereocenters. The number of carbonyl (C=O) groups excluding carboxylic acids is 2. The van der Waals surface area contributed by atoms with Crippen LogP contribution in [0.4, 0.5) is 5.69 Å². The van der Waals surface area contributed by atoms with Gasteiger partial charge in [0.05, 0.1) is 0 Å². The molecule has 0 fully saturated rings. The number of ether oxygens (including phenoxy) is 1. The van der Waals surface area contributed by atoms with Crippen molar-refractivity contribution in [3.63, 3.8) is 0 Å². The van der Waals surface area contributed by atoms with Crippen LogP contribution < -0.4 is 5.32 Å². The van der Waals surface area contributed by atoms with E-state index in [2.05, 4.69) is 26.2 Å². The molecule has 132 valence electrons. The summed E-state index contributed by atoms with van der Waals surface area (Å²) in [5.41, 5.74) is 2.91. The minimum Gasteiger partial charge on any atom is -0.451 e. The summed E-state index contributed by atoms with van der Waals surface area (Å²) in [5.74, 6) is -1.03. The van der Waals surface area contributed by atoms with E-state index in [1.54, 1.807) is 23.6 Å². The summed E-state index contributed by atoms with van der Waals surface area (Å²) in [6.07, 6.45) is 0. The number of esters is 1. The quantitative estimate of drug-likeness (QED) is 0.596. The van der Waals surface area contributed by atoms with Gasteiger partial charge in [-0.15, -0.1) is 11.3 Å². The van der Waals surface area contributed by atoms with Gasteiger partial charge in [0.2, 0.25) is 0 Å². The fourth-order valence-electron chi connectivity index (χ4n) is 2.16. The predicted molar refractivity (Wildman–Crippen MR) is 105 cm³/mol. The molecular weight excluding hydrogens is 416 g/mol. The summed E-state index contributed by atoms with van der Waals surface area (Å²) in [7, 11) is 0. The Labute approximate surface area is 163 Å². The van der Waals surface area contributed by atoms with Crippen LogP contribution in [-0.2, 0) is 9.53 Å². The first kappa shape index (κ1) is 18.3. The van der Waals surface area contributed by atoms with Gasteiger partial charge in [-0.2, -0.15) is 0 Å². The third kappa shape index (κ3) is 4.77. The normalized spacial score (nSPS) is 10.4. The lowest BCUT2D eigenvalue weighted by atomic mass is 10.2. The highest BCUT2D eigenvalue weighted by atomic mass is 79.9. The van der Waals surface area contributed by atoms with E-state index in [0.29, 0.717) is 5.69 Å². The van der Waals surface area contributed by atoms with Crippen molar-refractivity contribution in [3.8, 4) is 10.6 Å². The number of amides is 1. The third-order valence-corrected chi connectivity index (χ3v) is 4.84. The second-order valence-electron chi connectivity index (χ2n) is 5.54. The number of halogens is 1. The van der Waals surface area contributed by atoms with Gasteiger partial charge in [-0.3, -0.25) is 4.79 Å². The van der Waals surface area contributed by atoms with Crippen molar-refractivity contribution < 1.29 is 14.3 Å². The van der Waals surface area contributed by atoms with Gasteiger partial charge in [0, 0.05) is 21.1 Å². The Balaban J connectivity index is 1.56. The molecule has 0 saturated heterocycles. The van der Waals surface area contributed by atoms with Crippen LogP contribution in [0.15, 0.2) is 58.4 Å². The molecule has 7 heteroatoms. The SMILES string of the molecule is Cc1ccc(-c2nc(C(=O)OCC(=O)Nc3cccc(Br)c3)cs2)cc1. The summed E-state index contributed by atoms with van der Waals surface area (Å²) in [6, 6.07) is 15.0. The number of rotatable bonds is 5. The van der Waals surface area contributed by atoms with Crippen LogP contribution in [-0.4, -0.2) is 23.5 Å². The number of carbonyl (C=O) groups is 2. The summed E-state index contributed by atoms with van der Waals surface area (Å²) in [5, 5.41) is 5.02. The minimum absolute atomic E-state index is 0.195. The number of nitrogens with one attached hydrogen (secondary N) is 1. The van der Waals surface area contributed by atoms with Gasteiger partial charge in [-0.25, -0.2) is 9.78 Å². The van der Waals surface area contributed by atoms with Crippen LogP contribution in [0, 0.1) is 6.92 Å². The van der Waals surface area contributed by atoms with Crippen molar-refractivity contribution in [3.05, 3.63) is 69.6 Å². The monoisotopic (exact) mass is 430 g/mol. The zero-order valence-corrected chi connectivity index (χ0v) is 16.3. The summed E-state index contributed by atoms with van der Waals surface area (Å²) in [6.45, 7) is 1.64. The van der Waals surface area contributed by atoms with Gasteiger partial charge in [0.25, 0.3) is 5.91 Å². The maximum absolute atomic E-state index is 12.1. The Bertz CT molecular complexity index is 938. The molecule has 3 rings (SSSR count). The number of thiazole rings is 1. The molecule has 1 amide bonds. The number of aromatic nitrogens is 1. The number of hydrogen-bond acceptors (Lipinski definition) is 5. The number of anilines is 1. The van der Waals surface area contributed by atoms with E-state index in [1.165, 1.54) is 11.3 Å². The Kier molecular flexibility index (Phi) is 5.80. The zero-order chi connectivity index (χ0) is 18.5. The molecule has 1 heterocycles. The topological polar surface area (TPSA) is 68.3 Å². The Hall–Kier alpha value is -2.51. The molecule has 0 atom stereocenters. The van der Waals surface area contributed by atoms with Crippen LogP contribution in [0.5, 0.6) is 0 Å². The van der Waals surface area contributed by atoms with Gasteiger partial charge >= 0.3 is 5.97 Å². The molecular formula is C19H15BrN2O3S. The van der Waals surface area contributed by atoms with Gasteiger partial charge in [-0.1, -0.05) is 51.8 Å². The van der Waals surface area contributed by atoms with Crippen LogP contribution in [0.1, 0.15) is 16.1 Å². The fraction of sp³-hybridized carbons (Fsp3) is 0.105. The van der Waals surface area contributed by atoms with Crippen LogP contribution in [0.3, 0.4) is 0 Å². The second-order valence-corrected chi connectivity index (χ2v) is 7.31. The number of benzene rings is 2. The number of nitrogens with zero attached hydrogens (tertiary/aromatic N) is 1. The number of hydrogen-bond donors (Lipinski definition) is 1. The molecule has 0 radical (unpaired) electrons. The molecule has 1 aromatic heterocycles. The molecule has 26 heavy (non-hydrogen) atoms. The number of aryl methyl sites for hydroxylation is 1. The molecule has 0 aliphatic rings. The summed E-state index contributed by atoms with van der Waals surface area (Å²) >= 11 is 4.68. The van der Waals surface area contributed by atoms with Gasteiger partial charge in [0.1, 0.15) is 5.01 Å². The predicted octanol–water partition coefficient (Wildman–Crippen LogP) is 4.68. The van der Waals surface area contributed by atoms with E-state index in [0.717, 1.165) is 20.6 Å². The van der Waals surface area contributed by atoms with Crippen molar-refractivity contribution in [2.45, 2.75) is 6.92 Å². The summed E-state index contributed by atoms with van der Waals surface area (Å²) < 4.78 is 5.89. The first-order valence-corrected chi connectivity index (χ1v) is 9.43. The third-order valence-electron chi connectivity index (χ3n) is 3.45. The standard InChI is InChI=1S/C19H15BrN2O3S/c1-12-5-7-13(8-6-12)18-22-16(11-26-18)19(24)25-10-17(23)21-15-4-2-3-14(20)9-15/h2-9,11H,10H2,1H3,(H,21,23). The van der Waals surface area contributed by atoms with E-state index in [-0.39, 0.29) is 12.3 Å². The minimum atomic E-state index is -0.621. The Morgan fingerprint density at radius 2 is 1.96 bits per heavy atom. The Morgan fingerprint density at radius 3 is 2.69 bits per heavy atom. The lowest BCUT2D eigenvalue weighted by molar-refractivity contribution is -0.119. The van der Waals surface area contributed by atoms with Crippen LogP contribution >= 0.6 is 27.3 Å². The Morgan fingerprint density at radius 1 is 1.19 bits per heavy atom. The largest absolute Gasteiger partial charge is 0.451 e. The van der Waals surface area contributed by atoms with Crippen LogP contribution in [0.2, 0.25) is 0 Å². The van der Waals surface area contributed by atoms with E-state index >= 15 is 0 Å². The molecule has 0 aliphatic carbocycles. The maximum Gasteiger partial charge on any atom is 0.358 e. The van der Waals surface area contributed by atoms with E-state index in [4.69, 9.17) is 4.74 Å². The second kappa shape index (κ2) is 8.25. The molecule has 0 spiro atoms. The average Bonchev–Trinajstić information content (AvgIpc) is 3.10. The van der Waals surface area contributed by atoms with Crippen LogP contribution in [0.25, 0.3) is 10.6 Å². The fourth-order valence-corrected chi connectivity index (χ4v) is 3.36. The van der Waals surface area contributed by atoms with E-state index < -0.39 is 11.9 Å². The molecule has 0 saturated carbocycles. The average molecular weight is 431 g/mol. The molecule has 5 nitrogen and oxygen atoms in total. The first-order chi connectivity index (χ1) is 12.5. The summed E-state index contributed by atoms with van der Waals surface area (Å²) in [4.78, 5) is 28.3. The highest BCUT2D eigenvalue weighted by Gasteiger charge is 2.15. The molecule has 2 aromatic carbocycles. The van der Waals surface area contributed by atoms with E-state index in [9.17, 15) is 9.59 Å². The smallest absolute Gasteiger partial charge is 0.358 e. The molecule has 1 N–H and O–H groups in total. The molecule has 3 aromatic rings. The first-order valence-electron chi connectivity index (χ1n) is 7.76. The highest BCUT2D eigenvalue weighted by molar-refractivity contribution is 9.10. The van der Waals surface area contributed by atoms with Crippen molar-refractivity contribution in [2.75, 3.05) is 11.9 Å². The van der Waals surface area contributed by atoms with Gasteiger partial charge in [-0.05, 0) is 25.1 Å². The van der Waals surface area contributed by atoms with Gasteiger partial charge in [0.15, 0.2) is 12.3 Å². The van der Waals surface area contributed by atoms with E-state index in [1.807, 2.05) is 37.3 Å². The molecule has 0 aliphatic heterocycles.